The van der Waals surface area contributed by atoms with Crippen LogP contribution < -0.4 is 10.3 Å². The molecule has 0 aliphatic rings. The highest BCUT2D eigenvalue weighted by Crippen LogP contribution is 2.27. The zero-order valence-corrected chi connectivity index (χ0v) is 14.2. The van der Waals surface area contributed by atoms with Crippen LogP contribution in [0.15, 0.2) is 29.1 Å². The van der Waals surface area contributed by atoms with Crippen LogP contribution >= 0.6 is 0 Å². The molecule has 1 atom stereocenters. The number of fused-ring (bicyclic) bond motifs is 1. The molecule has 26 heavy (non-hydrogen) atoms. The Bertz CT molecular complexity index is 967. The summed E-state index contributed by atoms with van der Waals surface area (Å²) < 4.78 is 30.6. The van der Waals surface area contributed by atoms with Crippen molar-refractivity contribution in [2.45, 2.75) is 39.5 Å². The molecule has 0 spiro atoms. The molecular weight excluding hydrogens is 346 g/mol. The number of aromatic amines is 1. The minimum Gasteiger partial charge on any atom is -0.435 e. The summed E-state index contributed by atoms with van der Waals surface area (Å²) >= 11 is 0. The van der Waals surface area contributed by atoms with Crippen LogP contribution in [0.4, 0.5) is 8.78 Å². The number of aromatic nitrogens is 4. The lowest BCUT2D eigenvalue weighted by molar-refractivity contribution is -0.0498. The SMILES string of the molecule is CCC(c1ccc(OC(F)F)cc1)n1nc(CO)c2c(=O)[nH]c(C)nc21. The van der Waals surface area contributed by atoms with Crippen molar-refractivity contribution in [2.24, 2.45) is 0 Å². The van der Waals surface area contributed by atoms with Crippen molar-refractivity contribution >= 4 is 11.0 Å². The summed E-state index contributed by atoms with van der Waals surface area (Å²) in [4.78, 5) is 19.2. The summed E-state index contributed by atoms with van der Waals surface area (Å²) in [5.41, 5.74) is 1.04. The number of halogens is 2. The summed E-state index contributed by atoms with van der Waals surface area (Å²) in [5.74, 6) is 0.495. The predicted molar refractivity (Wildman–Crippen MR) is 90.3 cm³/mol. The number of nitrogens with zero attached hydrogens (tertiary/aromatic N) is 3. The van der Waals surface area contributed by atoms with E-state index in [0.29, 0.717) is 17.9 Å². The number of hydrogen-bond donors (Lipinski definition) is 2. The molecule has 0 aliphatic carbocycles. The molecule has 0 saturated carbocycles. The second-order valence-electron chi connectivity index (χ2n) is 5.77. The van der Waals surface area contributed by atoms with Gasteiger partial charge in [0.15, 0.2) is 5.65 Å². The van der Waals surface area contributed by atoms with E-state index < -0.39 is 13.2 Å². The smallest absolute Gasteiger partial charge is 0.387 e. The monoisotopic (exact) mass is 364 g/mol. The summed E-state index contributed by atoms with van der Waals surface area (Å²) in [6, 6.07) is 5.95. The number of rotatable bonds is 6. The van der Waals surface area contributed by atoms with Crippen molar-refractivity contribution in [3.05, 3.63) is 51.7 Å². The van der Waals surface area contributed by atoms with Crippen molar-refractivity contribution in [1.29, 1.82) is 0 Å². The second-order valence-corrected chi connectivity index (χ2v) is 5.77. The first-order chi connectivity index (χ1) is 12.4. The first-order valence-corrected chi connectivity index (χ1v) is 8.08. The largest absolute Gasteiger partial charge is 0.435 e. The Morgan fingerprint density at radius 2 is 2.00 bits per heavy atom. The fraction of sp³-hybridized carbons (Fsp3) is 0.353. The van der Waals surface area contributed by atoms with Crippen molar-refractivity contribution in [3.8, 4) is 5.75 Å². The molecule has 0 saturated heterocycles. The highest BCUT2D eigenvalue weighted by Gasteiger charge is 2.22. The van der Waals surface area contributed by atoms with Gasteiger partial charge < -0.3 is 14.8 Å². The molecule has 3 aromatic rings. The lowest BCUT2D eigenvalue weighted by Gasteiger charge is -2.17. The second kappa shape index (κ2) is 7.20. The molecule has 0 bridgehead atoms. The molecule has 7 nitrogen and oxygen atoms in total. The fourth-order valence-corrected chi connectivity index (χ4v) is 2.97. The van der Waals surface area contributed by atoms with Crippen LogP contribution in [-0.4, -0.2) is 31.5 Å². The Labute approximate surface area is 147 Å². The lowest BCUT2D eigenvalue weighted by atomic mass is 10.0. The van der Waals surface area contributed by atoms with Gasteiger partial charge in [-0.1, -0.05) is 19.1 Å². The van der Waals surface area contributed by atoms with Crippen molar-refractivity contribution in [2.75, 3.05) is 0 Å². The summed E-state index contributed by atoms with van der Waals surface area (Å²) in [6.07, 6.45) is 0.615. The number of nitrogens with one attached hydrogen (secondary N) is 1. The Balaban J connectivity index is 2.09. The molecule has 0 amide bonds. The molecule has 0 radical (unpaired) electrons. The van der Waals surface area contributed by atoms with Crippen LogP contribution in [0.2, 0.25) is 0 Å². The normalized spacial score (nSPS) is 12.7. The standard InChI is InChI=1S/C17H18F2N4O3/c1-3-13(10-4-6-11(7-5-10)26-17(18)19)23-15-14(12(8-24)22-23)16(25)21-9(2)20-15/h4-7,13,17,24H,3,8H2,1-2H3,(H,20,21,25). The van der Waals surface area contributed by atoms with Crippen LogP contribution in [0.25, 0.3) is 11.0 Å². The highest BCUT2D eigenvalue weighted by atomic mass is 19.3. The Hall–Kier alpha value is -2.81. The quantitative estimate of drug-likeness (QED) is 0.701. The Morgan fingerprint density at radius 3 is 2.58 bits per heavy atom. The molecule has 9 heteroatoms. The van der Waals surface area contributed by atoms with Crippen LogP contribution in [-0.2, 0) is 6.61 Å². The van der Waals surface area contributed by atoms with Gasteiger partial charge in [0.2, 0.25) is 0 Å². The van der Waals surface area contributed by atoms with Gasteiger partial charge in [0.1, 0.15) is 22.7 Å². The third-order valence-corrected chi connectivity index (χ3v) is 4.07. The van der Waals surface area contributed by atoms with E-state index in [1.54, 1.807) is 23.7 Å². The minimum atomic E-state index is -2.89. The Kier molecular flexibility index (Phi) is 4.99. The Morgan fingerprint density at radius 1 is 1.31 bits per heavy atom. The third-order valence-electron chi connectivity index (χ3n) is 4.07. The summed E-state index contributed by atoms with van der Waals surface area (Å²) in [5, 5.41) is 14.1. The summed E-state index contributed by atoms with van der Waals surface area (Å²) in [7, 11) is 0. The first-order valence-electron chi connectivity index (χ1n) is 8.08. The van der Waals surface area contributed by atoms with Gasteiger partial charge in [0, 0.05) is 0 Å². The maximum absolute atomic E-state index is 12.3. The predicted octanol–water partition coefficient (Wildman–Crippen LogP) is 2.52. The lowest BCUT2D eigenvalue weighted by Crippen LogP contribution is -2.15. The van der Waals surface area contributed by atoms with Crippen molar-refractivity contribution < 1.29 is 18.6 Å². The van der Waals surface area contributed by atoms with E-state index in [-0.39, 0.29) is 28.4 Å². The van der Waals surface area contributed by atoms with Crippen LogP contribution in [0.3, 0.4) is 0 Å². The maximum atomic E-state index is 12.3. The number of alkyl halides is 2. The van der Waals surface area contributed by atoms with Gasteiger partial charge in [-0.15, -0.1) is 0 Å². The molecule has 0 aliphatic heterocycles. The van der Waals surface area contributed by atoms with Gasteiger partial charge in [-0.05, 0) is 31.0 Å². The molecule has 2 N–H and O–H groups in total. The van der Waals surface area contributed by atoms with Crippen molar-refractivity contribution in [1.82, 2.24) is 19.7 Å². The van der Waals surface area contributed by atoms with Gasteiger partial charge in [-0.2, -0.15) is 13.9 Å². The molecule has 0 fully saturated rings. The van der Waals surface area contributed by atoms with E-state index in [9.17, 15) is 18.7 Å². The van der Waals surface area contributed by atoms with Gasteiger partial charge in [0.25, 0.3) is 5.56 Å². The fourth-order valence-electron chi connectivity index (χ4n) is 2.97. The van der Waals surface area contributed by atoms with E-state index in [2.05, 4.69) is 19.8 Å². The number of aliphatic hydroxyl groups excluding tert-OH is 1. The topological polar surface area (TPSA) is 93.0 Å². The number of hydrogen-bond acceptors (Lipinski definition) is 5. The highest BCUT2D eigenvalue weighted by molar-refractivity contribution is 5.77. The van der Waals surface area contributed by atoms with E-state index in [1.165, 1.54) is 12.1 Å². The number of H-pyrrole nitrogens is 1. The van der Waals surface area contributed by atoms with E-state index in [1.807, 2.05) is 6.92 Å². The van der Waals surface area contributed by atoms with E-state index >= 15 is 0 Å². The summed E-state index contributed by atoms with van der Waals surface area (Å²) in [6.45, 7) is 0.313. The van der Waals surface area contributed by atoms with Crippen LogP contribution in [0.1, 0.15) is 36.5 Å². The van der Waals surface area contributed by atoms with Gasteiger partial charge in [0.05, 0.1) is 12.6 Å². The molecule has 2 aromatic heterocycles. The van der Waals surface area contributed by atoms with Gasteiger partial charge >= 0.3 is 6.61 Å². The molecular formula is C17H18F2N4O3. The van der Waals surface area contributed by atoms with Crippen LogP contribution in [0, 0.1) is 6.92 Å². The van der Waals surface area contributed by atoms with E-state index in [4.69, 9.17) is 0 Å². The first kappa shape index (κ1) is 18.0. The van der Waals surface area contributed by atoms with Crippen LogP contribution in [0.5, 0.6) is 5.75 Å². The number of aryl methyl sites for hydroxylation is 1. The zero-order chi connectivity index (χ0) is 18.8. The molecule has 1 unspecified atom stereocenters. The van der Waals surface area contributed by atoms with Crippen molar-refractivity contribution in [3.63, 3.8) is 0 Å². The number of aliphatic hydroxyl groups is 1. The molecule has 138 valence electrons. The average Bonchev–Trinajstić information content (AvgIpc) is 2.95. The number of benzene rings is 1. The number of ether oxygens (including phenoxy) is 1. The van der Waals surface area contributed by atoms with Gasteiger partial charge in [-0.25, -0.2) is 9.67 Å². The average molecular weight is 364 g/mol. The maximum Gasteiger partial charge on any atom is 0.387 e. The zero-order valence-electron chi connectivity index (χ0n) is 14.2. The minimum absolute atomic E-state index is 0.0605. The molecule has 2 heterocycles. The van der Waals surface area contributed by atoms with E-state index in [0.717, 1.165) is 5.56 Å². The van der Waals surface area contributed by atoms with Gasteiger partial charge in [-0.3, -0.25) is 4.79 Å². The molecule has 1 aromatic carbocycles. The molecule has 3 rings (SSSR count). The third kappa shape index (κ3) is 3.30.